The van der Waals surface area contributed by atoms with E-state index in [0.29, 0.717) is 10.8 Å². The van der Waals surface area contributed by atoms with Crippen LogP contribution in [0.1, 0.15) is 27.6 Å². The smallest absolute Gasteiger partial charge is 0.255 e. The van der Waals surface area contributed by atoms with Crippen molar-refractivity contribution in [1.29, 1.82) is 0 Å². The van der Waals surface area contributed by atoms with E-state index in [1.54, 1.807) is 12.4 Å². The maximum Gasteiger partial charge on any atom is 0.255 e. The van der Waals surface area contributed by atoms with Gasteiger partial charge in [0.15, 0.2) is 0 Å². The third kappa shape index (κ3) is 4.08. The van der Waals surface area contributed by atoms with Crippen LogP contribution in [0.3, 0.4) is 0 Å². The average Bonchev–Trinajstić information content (AvgIpc) is 2.80. The maximum atomic E-state index is 12.6. The number of halogens is 2. The molecule has 6 heteroatoms. The van der Waals surface area contributed by atoms with Gasteiger partial charge in [-0.2, -0.15) is 11.8 Å². The van der Waals surface area contributed by atoms with Gasteiger partial charge in [0.05, 0.1) is 5.56 Å². The summed E-state index contributed by atoms with van der Waals surface area (Å²) in [4.78, 5) is 18.6. The number of amides is 1. The second-order valence-electron chi connectivity index (χ2n) is 5.35. The molecule has 1 amide bonds. The van der Waals surface area contributed by atoms with Crippen molar-refractivity contribution in [2.24, 2.45) is 0 Å². The lowest BCUT2D eigenvalue weighted by Crippen LogP contribution is -2.33. The van der Waals surface area contributed by atoms with E-state index in [0.717, 1.165) is 40.3 Å². The number of carbonyl (C=O) groups is 1. The Bertz CT molecular complexity index is 712. The topological polar surface area (TPSA) is 33.2 Å². The first-order chi connectivity index (χ1) is 11.1. The molecule has 1 aliphatic rings. The minimum atomic E-state index is 0.0409. The van der Waals surface area contributed by atoms with Gasteiger partial charge in [-0.05, 0) is 40.0 Å². The molecule has 0 N–H and O–H groups in total. The highest BCUT2D eigenvalue weighted by Gasteiger charge is 2.24. The van der Waals surface area contributed by atoms with Crippen LogP contribution in [-0.4, -0.2) is 34.6 Å². The zero-order chi connectivity index (χ0) is 16.2. The van der Waals surface area contributed by atoms with Crippen molar-refractivity contribution in [1.82, 2.24) is 9.88 Å². The molecule has 0 bridgehead atoms. The molecule has 0 aliphatic carbocycles. The van der Waals surface area contributed by atoms with Crippen molar-refractivity contribution < 1.29 is 4.79 Å². The van der Waals surface area contributed by atoms with Crippen LogP contribution in [0.25, 0.3) is 0 Å². The van der Waals surface area contributed by atoms with Crippen LogP contribution in [-0.2, 0) is 0 Å². The number of hydrogen-bond donors (Lipinski definition) is 0. The van der Waals surface area contributed by atoms with Gasteiger partial charge in [0.25, 0.3) is 5.91 Å². The molecule has 1 aromatic carbocycles. The molecular weight excluding hydrogens is 396 g/mol. The van der Waals surface area contributed by atoms with Gasteiger partial charge in [-0.25, -0.2) is 0 Å². The summed E-state index contributed by atoms with van der Waals surface area (Å²) in [5.74, 6) is 0.947. The molecule has 0 saturated carbocycles. The summed E-state index contributed by atoms with van der Waals surface area (Å²) in [6.45, 7) is 1.48. The lowest BCUT2D eigenvalue weighted by Gasteiger charge is -2.20. The number of benzene rings is 1. The number of nitrogens with zero attached hydrogens (tertiary/aromatic N) is 2. The summed E-state index contributed by atoms with van der Waals surface area (Å²) < 4.78 is 0.821. The Morgan fingerprint density at radius 2 is 2.13 bits per heavy atom. The van der Waals surface area contributed by atoms with Gasteiger partial charge in [-0.15, -0.1) is 0 Å². The van der Waals surface area contributed by atoms with Crippen molar-refractivity contribution in [3.8, 4) is 0 Å². The highest BCUT2D eigenvalue weighted by Crippen LogP contribution is 2.37. The third-order valence-corrected chi connectivity index (χ3v) is 5.92. The first-order valence-electron chi connectivity index (χ1n) is 7.41. The van der Waals surface area contributed by atoms with Crippen molar-refractivity contribution in [2.75, 3.05) is 18.8 Å². The van der Waals surface area contributed by atoms with Gasteiger partial charge in [-0.3, -0.25) is 9.78 Å². The lowest BCUT2D eigenvalue weighted by atomic mass is 10.1. The molecule has 0 unspecified atom stereocenters. The van der Waals surface area contributed by atoms with E-state index >= 15 is 0 Å². The summed E-state index contributed by atoms with van der Waals surface area (Å²) in [7, 11) is 0. The largest absolute Gasteiger partial charge is 0.338 e. The van der Waals surface area contributed by atoms with E-state index in [1.807, 2.05) is 40.9 Å². The van der Waals surface area contributed by atoms with Crippen molar-refractivity contribution in [3.63, 3.8) is 0 Å². The molecule has 3 nitrogen and oxygen atoms in total. The molecule has 120 valence electrons. The van der Waals surface area contributed by atoms with Gasteiger partial charge < -0.3 is 4.90 Å². The van der Waals surface area contributed by atoms with Crippen LogP contribution in [0.15, 0.2) is 47.2 Å². The standard InChI is InChI=1S/C17H16BrClN2OS/c18-13-9-12(10-20-11-13)17(22)21-6-5-16(23-8-7-21)14-3-1-2-4-15(14)19/h1-4,9-11,16H,5-8H2/t16-/m0/s1. The number of aromatic nitrogens is 1. The first kappa shape index (κ1) is 16.8. The number of hydrogen-bond acceptors (Lipinski definition) is 3. The minimum absolute atomic E-state index is 0.0409. The Kier molecular flexibility index (Phi) is 5.62. The zero-order valence-electron chi connectivity index (χ0n) is 12.4. The normalized spacial score (nSPS) is 18.5. The van der Waals surface area contributed by atoms with Gasteiger partial charge in [0.2, 0.25) is 0 Å². The Balaban J connectivity index is 1.71. The highest BCUT2D eigenvalue weighted by atomic mass is 79.9. The number of pyridine rings is 1. The molecule has 1 saturated heterocycles. The summed E-state index contributed by atoms with van der Waals surface area (Å²) >= 11 is 11.5. The molecule has 0 radical (unpaired) electrons. The van der Waals surface area contributed by atoms with Gasteiger partial charge in [0.1, 0.15) is 0 Å². The number of thioether (sulfide) groups is 1. The van der Waals surface area contributed by atoms with Crippen LogP contribution < -0.4 is 0 Å². The molecule has 2 heterocycles. The van der Waals surface area contributed by atoms with E-state index < -0.39 is 0 Å². The predicted octanol–water partition coefficient (Wildman–Crippen LogP) is 4.82. The zero-order valence-corrected chi connectivity index (χ0v) is 15.6. The molecular formula is C17H16BrClN2OS. The van der Waals surface area contributed by atoms with E-state index in [9.17, 15) is 4.79 Å². The van der Waals surface area contributed by atoms with Crippen molar-refractivity contribution >= 4 is 45.2 Å². The summed E-state index contributed by atoms with van der Waals surface area (Å²) in [5.41, 5.74) is 1.79. The molecule has 1 aliphatic heterocycles. The Labute approximate surface area is 153 Å². The van der Waals surface area contributed by atoms with Crippen molar-refractivity contribution in [2.45, 2.75) is 11.7 Å². The second kappa shape index (κ2) is 7.69. The molecule has 1 aromatic heterocycles. The molecule has 1 fully saturated rings. The Morgan fingerprint density at radius 1 is 1.30 bits per heavy atom. The Hall–Kier alpha value is -1.04. The van der Waals surface area contributed by atoms with E-state index in [4.69, 9.17) is 11.6 Å². The fourth-order valence-electron chi connectivity index (χ4n) is 2.67. The monoisotopic (exact) mass is 410 g/mol. The van der Waals surface area contributed by atoms with Crippen LogP contribution in [0, 0.1) is 0 Å². The lowest BCUT2D eigenvalue weighted by molar-refractivity contribution is 0.0766. The summed E-state index contributed by atoms with van der Waals surface area (Å²) in [6.07, 6.45) is 4.21. The quantitative estimate of drug-likeness (QED) is 0.710. The first-order valence-corrected chi connectivity index (χ1v) is 9.63. The van der Waals surface area contributed by atoms with Gasteiger partial charge in [-0.1, -0.05) is 29.8 Å². The molecule has 23 heavy (non-hydrogen) atoms. The molecule has 2 aromatic rings. The van der Waals surface area contributed by atoms with E-state index in [-0.39, 0.29) is 5.91 Å². The molecule has 1 atom stereocenters. The third-order valence-electron chi connectivity index (χ3n) is 3.83. The van der Waals surface area contributed by atoms with Gasteiger partial charge >= 0.3 is 0 Å². The van der Waals surface area contributed by atoms with Crippen molar-refractivity contribution in [3.05, 3.63) is 63.3 Å². The minimum Gasteiger partial charge on any atom is -0.338 e. The average molecular weight is 412 g/mol. The summed E-state index contributed by atoms with van der Waals surface area (Å²) in [6, 6.07) is 9.79. The predicted molar refractivity (Wildman–Crippen MR) is 99.1 cm³/mol. The summed E-state index contributed by atoms with van der Waals surface area (Å²) in [5, 5.41) is 1.14. The highest BCUT2D eigenvalue weighted by molar-refractivity contribution is 9.10. The SMILES string of the molecule is O=C(c1cncc(Br)c1)N1CCS[C@H](c2ccccc2Cl)CC1. The molecule has 0 spiro atoms. The van der Waals surface area contributed by atoms with E-state index in [1.165, 1.54) is 0 Å². The van der Waals surface area contributed by atoms with Crippen LogP contribution in [0.2, 0.25) is 5.02 Å². The van der Waals surface area contributed by atoms with E-state index in [2.05, 4.69) is 27.0 Å². The number of carbonyl (C=O) groups excluding carboxylic acids is 1. The fourth-order valence-corrected chi connectivity index (χ4v) is 4.63. The number of rotatable bonds is 2. The van der Waals surface area contributed by atoms with Crippen LogP contribution in [0.4, 0.5) is 0 Å². The Morgan fingerprint density at radius 3 is 2.91 bits per heavy atom. The fraction of sp³-hybridized carbons (Fsp3) is 0.294. The second-order valence-corrected chi connectivity index (χ2v) is 7.99. The molecule has 3 rings (SSSR count). The van der Waals surface area contributed by atoms with Crippen LogP contribution in [0.5, 0.6) is 0 Å². The van der Waals surface area contributed by atoms with Crippen LogP contribution >= 0.6 is 39.3 Å². The van der Waals surface area contributed by atoms with Gasteiger partial charge in [0, 0.05) is 46.0 Å². The maximum absolute atomic E-state index is 12.6.